The molecule has 5 aromatic rings. The zero-order chi connectivity index (χ0) is 20.1. The van der Waals surface area contributed by atoms with Gasteiger partial charge in [0.2, 0.25) is 5.91 Å². The van der Waals surface area contributed by atoms with Crippen LogP contribution in [0.25, 0.3) is 32.6 Å². The van der Waals surface area contributed by atoms with E-state index in [0.717, 1.165) is 27.2 Å². The minimum absolute atomic E-state index is 0.308. The molecule has 0 saturated carbocycles. The SMILES string of the molecule is Cc1ccc2ccccc2c1Cn1c2cc(F)ccc2c2c(C(N)=O)cccc21. The summed E-state index contributed by atoms with van der Waals surface area (Å²) in [5, 5.41) is 3.93. The molecular formula is C25H19FN2O. The van der Waals surface area contributed by atoms with E-state index >= 15 is 0 Å². The molecule has 0 aliphatic heterocycles. The molecule has 1 heterocycles. The Hall–Kier alpha value is -3.66. The summed E-state index contributed by atoms with van der Waals surface area (Å²) < 4.78 is 16.2. The number of carbonyl (C=O) groups excluding carboxylic acids is 1. The van der Waals surface area contributed by atoms with Gasteiger partial charge in [-0.3, -0.25) is 4.79 Å². The number of aryl methyl sites for hydroxylation is 1. The van der Waals surface area contributed by atoms with E-state index in [1.165, 1.54) is 28.6 Å². The van der Waals surface area contributed by atoms with Crippen molar-refractivity contribution in [2.45, 2.75) is 13.5 Å². The van der Waals surface area contributed by atoms with Crippen LogP contribution < -0.4 is 5.73 Å². The van der Waals surface area contributed by atoms with Gasteiger partial charge in [-0.1, -0.05) is 42.5 Å². The third kappa shape index (κ3) is 2.68. The smallest absolute Gasteiger partial charge is 0.249 e. The minimum atomic E-state index is -0.486. The first kappa shape index (κ1) is 17.4. The van der Waals surface area contributed by atoms with Gasteiger partial charge >= 0.3 is 0 Å². The highest BCUT2D eigenvalue weighted by Gasteiger charge is 2.18. The molecule has 5 rings (SSSR count). The van der Waals surface area contributed by atoms with E-state index in [2.05, 4.69) is 35.8 Å². The average molecular weight is 382 g/mol. The van der Waals surface area contributed by atoms with Crippen molar-refractivity contribution in [1.29, 1.82) is 0 Å². The van der Waals surface area contributed by atoms with Crippen molar-refractivity contribution in [3.8, 4) is 0 Å². The van der Waals surface area contributed by atoms with Crippen molar-refractivity contribution in [3.63, 3.8) is 0 Å². The Bertz CT molecular complexity index is 1430. The van der Waals surface area contributed by atoms with Crippen LogP contribution in [0.2, 0.25) is 0 Å². The third-order valence-corrected chi connectivity index (χ3v) is 5.71. The number of hydrogen-bond acceptors (Lipinski definition) is 1. The number of nitrogens with two attached hydrogens (primary N) is 1. The Labute approximate surface area is 167 Å². The van der Waals surface area contributed by atoms with Gasteiger partial charge in [-0.05, 0) is 59.2 Å². The predicted octanol–water partition coefficient (Wildman–Crippen LogP) is 5.54. The standard InChI is InChI=1S/C25H19FN2O/c1-15-9-10-16-5-2-3-6-18(16)21(15)14-28-22-8-4-7-20(25(27)29)24(22)19-12-11-17(26)13-23(19)28/h2-13H,14H2,1H3,(H2,27,29). The molecule has 1 amide bonds. The number of fused-ring (bicyclic) bond motifs is 4. The molecule has 0 aliphatic carbocycles. The van der Waals surface area contributed by atoms with Crippen molar-refractivity contribution in [2.24, 2.45) is 5.73 Å². The Morgan fingerprint density at radius 1 is 0.931 bits per heavy atom. The Morgan fingerprint density at radius 2 is 1.76 bits per heavy atom. The van der Waals surface area contributed by atoms with E-state index in [9.17, 15) is 9.18 Å². The Kier molecular flexibility index (Phi) is 3.88. The molecule has 4 heteroatoms. The number of benzene rings is 4. The molecule has 0 atom stereocenters. The van der Waals surface area contributed by atoms with Gasteiger partial charge in [0.25, 0.3) is 0 Å². The van der Waals surface area contributed by atoms with Crippen LogP contribution in [0.1, 0.15) is 21.5 Å². The van der Waals surface area contributed by atoms with E-state index in [-0.39, 0.29) is 5.82 Å². The van der Waals surface area contributed by atoms with Crippen LogP contribution in [0.3, 0.4) is 0 Å². The molecule has 0 fully saturated rings. The number of amides is 1. The monoisotopic (exact) mass is 382 g/mol. The van der Waals surface area contributed by atoms with Gasteiger partial charge in [-0.15, -0.1) is 0 Å². The van der Waals surface area contributed by atoms with Gasteiger partial charge < -0.3 is 10.3 Å². The van der Waals surface area contributed by atoms with Crippen molar-refractivity contribution in [1.82, 2.24) is 4.57 Å². The maximum atomic E-state index is 14.2. The zero-order valence-corrected chi connectivity index (χ0v) is 15.9. The number of rotatable bonds is 3. The van der Waals surface area contributed by atoms with E-state index < -0.39 is 5.91 Å². The van der Waals surface area contributed by atoms with Crippen molar-refractivity contribution >= 4 is 38.5 Å². The van der Waals surface area contributed by atoms with Crippen LogP contribution >= 0.6 is 0 Å². The first-order valence-corrected chi connectivity index (χ1v) is 9.52. The molecule has 0 bridgehead atoms. The fourth-order valence-electron chi connectivity index (χ4n) is 4.31. The van der Waals surface area contributed by atoms with Crippen LogP contribution in [0.4, 0.5) is 4.39 Å². The molecule has 1 aromatic heterocycles. The van der Waals surface area contributed by atoms with Crippen LogP contribution in [0, 0.1) is 12.7 Å². The fraction of sp³-hybridized carbons (Fsp3) is 0.0800. The van der Waals surface area contributed by atoms with Crippen molar-refractivity contribution < 1.29 is 9.18 Å². The maximum absolute atomic E-state index is 14.2. The maximum Gasteiger partial charge on any atom is 0.249 e. The Morgan fingerprint density at radius 3 is 2.59 bits per heavy atom. The number of nitrogens with zero attached hydrogens (tertiary/aromatic N) is 1. The second kappa shape index (κ2) is 6.45. The van der Waals surface area contributed by atoms with Crippen LogP contribution in [0.15, 0.2) is 72.8 Å². The molecule has 3 nitrogen and oxygen atoms in total. The topological polar surface area (TPSA) is 48.0 Å². The van der Waals surface area contributed by atoms with Gasteiger partial charge in [0.15, 0.2) is 0 Å². The van der Waals surface area contributed by atoms with Gasteiger partial charge in [-0.25, -0.2) is 4.39 Å². The van der Waals surface area contributed by atoms with E-state index in [4.69, 9.17) is 5.73 Å². The molecule has 0 unspecified atom stereocenters. The zero-order valence-electron chi connectivity index (χ0n) is 15.9. The summed E-state index contributed by atoms with van der Waals surface area (Å²) in [6.07, 6.45) is 0. The highest BCUT2D eigenvalue weighted by Crippen LogP contribution is 2.34. The summed E-state index contributed by atoms with van der Waals surface area (Å²) in [4.78, 5) is 12.1. The van der Waals surface area contributed by atoms with Crippen LogP contribution in [-0.2, 0) is 6.54 Å². The molecule has 0 aliphatic rings. The summed E-state index contributed by atoms with van der Waals surface area (Å²) in [5.74, 6) is -0.794. The summed E-state index contributed by atoms with van der Waals surface area (Å²) in [7, 11) is 0. The normalized spacial score (nSPS) is 11.5. The molecule has 0 saturated heterocycles. The second-order valence-electron chi connectivity index (χ2n) is 7.39. The summed E-state index contributed by atoms with van der Waals surface area (Å²) >= 11 is 0. The van der Waals surface area contributed by atoms with Crippen molar-refractivity contribution in [3.05, 3.63) is 95.3 Å². The summed E-state index contributed by atoms with van der Waals surface area (Å²) in [5.41, 5.74) is 10.1. The average Bonchev–Trinajstić information content (AvgIpc) is 3.03. The van der Waals surface area contributed by atoms with Crippen molar-refractivity contribution in [2.75, 3.05) is 0 Å². The Balaban J connectivity index is 1.86. The molecule has 142 valence electrons. The first-order valence-electron chi connectivity index (χ1n) is 9.52. The molecular weight excluding hydrogens is 363 g/mol. The van der Waals surface area contributed by atoms with Gasteiger partial charge in [0, 0.05) is 22.9 Å². The number of aromatic nitrogens is 1. The van der Waals surface area contributed by atoms with Gasteiger partial charge in [-0.2, -0.15) is 0 Å². The van der Waals surface area contributed by atoms with E-state index in [0.29, 0.717) is 12.1 Å². The lowest BCUT2D eigenvalue weighted by atomic mass is 9.99. The van der Waals surface area contributed by atoms with Crippen LogP contribution in [0.5, 0.6) is 0 Å². The lowest BCUT2D eigenvalue weighted by Gasteiger charge is -2.14. The quantitative estimate of drug-likeness (QED) is 0.437. The molecule has 0 spiro atoms. The van der Waals surface area contributed by atoms with Gasteiger partial charge in [0.05, 0.1) is 11.0 Å². The summed E-state index contributed by atoms with van der Waals surface area (Å²) in [6, 6.07) is 22.7. The highest BCUT2D eigenvalue weighted by atomic mass is 19.1. The fourth-order valence-corrected chi connectivity index (χ4v) is 4.31. The predicted molar refractivity (Wildman–Crippen MR) is 116 cm³/mol. The number of primary amides is 1. The lowest BCUT2D eigenvalue weighted by Crippen LogP contribution is -2.11. The second-order valence-corrected chi connectivity index (χ2v) is 7.39. The van der Waals surface area contributed by atoms with E-state index in [1.54, 1.807) is 12.1 Å². The number of hydrogen-bond donors (Lipinski definition) is 1. The number of carbonyl (C=O) groups is 1. The largest absolute Gasteiger partial charge is 0.366 e. The van der Waals surface area contributed by atoms with Gasteiger partial charge in [0.1, 0.15) is 5.82 Å². The first-order chi connectivity index (χ1) is 14.0. The van der Waals surface area contributed by atoms with Crippen LogP contribution in [-0.4, -0.2) is 10.5 Å². The molecule has 0 radical (unpaired) electrons. The molecule has 2 N–H and O–H groups in total. The van der Waals surface area contributed by atoms with E-state index in [1.807, 2.05) is 24.3 Å². The minimum Gasteiger partial charge on any atom is -0.366 e. The lowest BCUT2D eigenvalue weighted by molar-refractivity contribution is 0.100. The third-order valence-electron chi connectivity index (χ3n) is 5.71. The highest BCUT2D eigenvalue weighted by molar-refractivity contribution is 6.17. The molecule has 4 aromatic carbocycles. The number of halogens is 1. The molecule has 29 heavy (non-hydrogen) atoms. The summed E-state index contributed by atoms with van der Waals surface area (Å²) in [6.45, 7) is 2.66.